The number of halogens is 1. The number of benzene rings is 2. The lowest BCUT2D eigenvalue weighted by Gasteiger charge is -2.14. The first-order valence-corrected chi connectivity index (χ1v) is 7.19. The van der Waals surface area contributed by atoms with Crippen LogP contribution in [0.3, 0.4) is 0 Å². The number of carbonyl (C=O) groups is 1. The lowest BCUT2D eigenvalue weighted by Crippen LogP contribution is -2.34. The Labute approximate surface area is 126 Å². The molecule has 0 radical (unpaired) electrons. The smallest absolute Gasteiger partial charge is 0.251 e. The van der Waals surface area contributed by atoms with Crippen LogP contribution in [0, 0.1) is 0 Å². The first-order valence-electron chi connectivity index (χ1n) is 6.39. The highest BCUT2D eigenvalue weighted by Gasteiger charge is 2.11. The number of hydrogen-bond acceptors (Lipinski definition) is 2. The number of aromatic hydroxyl groups is 1. The van der Waals surface area contributed by atoms with E-state index in [2.05, 4.69) is 21.2 Å². The molecule has 1 atom stereocenters. The molecule has 0 fully saturated rings. The van der Waals surface area contributed by atoms with E-state index in [4.69, 9.17) is 0 Å². The Morgan fingerprint density at radius 2 is 1.95 bits per heavy atom. The second kappa shape index (κ2) is 6.57. The van der Waals surface area contributed by atoms with Crippen molar-refractivity contribution in [2.24, 2.45) is 0 Å². The molecule has 2 N–H and O–H groups in total. The van der Waals surface area contributed by atoms with E-state index in [1.807, 2.05) is 37.3 Å². The normalized spacial score (nSPS) is 11.9. The zero-order chi connectivity index (χ0) is 14.5. The molecule has 0 aliphatic rings. The standard InChI is InChI=1S/C16H16BrNO2/c1-11(9-12-5-3-2-4-6-12)18-16(20)13-7-8-14(17)15(19)10-13/h2-8,10-11,19H,9H2,1H3,(H,18,20). The summed E-state index contributed by atoms with van der Waals surface area (Å²) < 4.78 is 0.575. The van der Waals surface area contributed by atoms with Crippen LogP contribution in [-0.2, 0) is 6.42 Å². The Morgan fingerprint density at radius 3 is 2.60 bits per heavy atom. The summed E-state index contributed by atoms with van der Waals surface area (Å²) in [6.07, 6.45) is 0.773. The number of amides is 1. The van der Waals surface area contributed by atoms with E-state index in [9.17, 15) is 9.90 Å². The number of phenolic OH excluding ortho intramolecular Hbond substituents is 1. The molecule has 4 heteroatoms. The van der Waals surface area contributed by atoms with Crippen LogP contribution in [0.25, 0.3) is 0 Å². The number of rotatable bonds is 4. The van der Waals surface area contributed by atoms with Crippen LogP contribution >= 0.6 is 15.9 Å². The lowest BCUT2D eigenvalue weighted by molar-refractivity contribution is 0.0939. The lowest BCUT2D eigenvalue weighted by atomic mass is 10.1. The van der Waals surface area contributed by atoms with Crippen molar-refractivity contribution in [3.8, 4) is 5.75 Å². The summed E-state index contributed by atoms with van der Waals surface area (Å²) in [6.45, 7) is 1.96. The highest BCUT2D eigenvalue weighted by atomic mass is 79.9. The molecular formula is C16H16BrNO2. The van der Waals surface area contributed by atoms with Crippen LogP contribution in [0.5, 0.6) is 5.75 Å². The third-order valence-electron chi connectivity index (χ3n) is 2.97. The van der Waals surface area contributed by atoms with Crippen molar-refractivity contribution >= 4 is 21.8 Å². The predicted molar refractivity (Wildman–Crippen MR) is 82.9 cm³/mol. The Kier molecular flexibility index (Phi) is 4.79. The van der Waals surface area contributed by atoms with Crippen LogP contribution in [0.4, 0.5) is 0 Å². The molecule has 1 unspecified atom stereocenters. The van der Waals surface area contributed by atoms with Crippen molar-refractivity contribution in [1.82, 2.24) is 5.32 Å². The van der Waals surface area contributed by atoms with E-state index in [1.165, 1.54) is 11.6 Å². The molecule has 0 aliphatic heterocycles. The van der Waals surface area contributed by atoms with E-state index in [-0.39, 0.29) is 17.7 Å². The molecule has 2 aromatic rings. The largest absolute Gasteiger partial charge is 0.507 e. The van der Waals surface area contributed by atoms with E-state index in [1.54, 1.807) is 12.1 Å². The molecule has 104 valence electrons. The van der Waals surface area contributed by atoms with Crippen LogP contribution in [-0.4, -0.2) is 17.1 Å². The molecule has 0 saturated heterocycles. The summed E-state index contributed by atoms with van der Waals surface area (Å²) in [6, 6.07) is 14.8. The number of carbonyl (C=O) groups excluding carboxylic acids is 1. The van der Waals surface area contributed by atoms with E-state index in [0.717, 1.165) is 6.42 Å². The van der Waals surface area contributed by atoms with Crippen molar-refractivity contribution in [2.75, 3.05) is 0 Å². The van der Waals surface area contributed by atoms with Gasteiger partial charge >= 0.3 is 0 Å². The van der Waals surface area contributed by atoms with Gasteiger partial charge in [0.1, 0.15) is 5.75 Å². The molecule has 0 heterocycles. The van der Waals surface area contributed by atoms with Gasteiger partial charge in [0.2, 0.25) is 0 Å². The number of nitrogens with one attached hydrogen (secondary N) is 1. The van der Waals surface area contributed by atoms with Gasteiger partial charge in [-0.2, -0.15) is 0 Å². The molecule has 20 heavy (non-hydrogen) atoms. The molecular weight excluding hydrogens is 318 g/mol. The van der Waals surface area contributed by atoms with Crippen molar-refractivity contribution in [3.05, 3.63) is 64.1 Å². The van der Waals surface area contributed by atoms with Gasteiger partial charge in [-0.05, 0) is 53.0 Å². The summed E-state index contributed by atoms with van der Waals surface area (Å²) in [4.78, 5) is 12.1. The first-order chi connectivity index (χ1) is 9.56. The minimum Gasteiger partial charge on any atom is -0.507 e. The Hall–Kier alpha value is -1.81. The third-order valence-corrected chi connectivity index (χ3v) is 3.64. The maximum atomic E-state index is 12.1. The summed E-state index contributed by atoms with van der Waals surface area (Å²) in [5.41, 5.74) is 1.63. The van der Waals surface area contributed by atoms with Crippen molar-refractivity contribution in [3.63, 3.8) is 0 Å². The molecule has 2 rings (SSSR count). The SMILES string of the molecule is CC(Cc1ccccc1)NC(=O)c1ccc(Br)c(O)c1. The molecule has 0 saturated carbocycles. The molecule has 1 amide bonds. The van der Waals surface area contributed by atoms with Crippen LogP contribution in [0.15, 0.2) is 53.0 Å². The van der Waals surface area contributed by atoms with Gasteiger partial charge in [0.15, 0.2) is 0 Å². The predicted octanol–water partition coefficient (Wildman–Crippen LogP) is 3.52. The van der Waals surface area contributed by atoms with Crippen LogP contribution in [0.2, 0.25) is 0 Å². The highest BCUT2D eigenvalue weighted by Crippen LogP contribution is 2.24. The Morgan fingerprint density at radius 1 is 1.25 bits per heavy atom. The molecule has 2 aromatic carbocycles. The van der Waals surface area contributed by atoms with Gasteiger partial charge in [-0.3, -0.25) is 4.79 Å². The van der Waals surface area contributed by atoms with Gasteiger partial charge < -0.3 is 10.4 Å². The fraction of sp³-hybridized carbons (Fsp3) is 0.188. The average Bonchev–Trinajstić information content (AvgIpc) is 2.42. The molecule has 0 spiro atoms. The molecule has 0 aliphatic carbocycles. The van der Waals surface area contributed by atoms with Crippen LogP contribution in [0.1, 0.15) is 22.8 Å². The molecule has 3 nitrogen and oxygen atoms in total. The van der Waals surface area contributed by atoms with Gasteiger partial charge in [0.05, 0.1) is 4.47 Å². The molecule has 0 bridgehead atoms. The zero-order valence-electron chi connectivity index (χ0n) is 11.1. The summed E-state index contributed by atoms with van der Waals surface area (Å²) in [7, 11) is 0. The minimum atomic E-state index is -0.184. The summed E-state index contributed by atoms with van der Waals surface area (Å²) >= 11 is 3.19. The van der Waals surface area contributed by atoms with E-state index in [0.29, 0.717) is 10.0 Å². The zero-order valence-corrected chi connectivity index (χ0v) is 12.7. The van der Waals surface area contributed by atoms with Gasteiger partial charge in [-0.15, -0.1) is 0 Å². The highest BCUT2D eigenvalue weighted by molar-refractivity contribution is 9.10. The second-order valence-corrected chi connectivity index (χ2v) is 5.58. The number of hydrogen-bond donors (Lipinski definition) is 2. The van der Waals surface area contributed by atoms with Gasteiger partial charge in [0, 0.05) is 11.6 Å². The maximum Gasteiger partial charge on any atom is 0.251 e. The number of phenols is 1. The fourth-order valence-electron chi connectivity index (χ4n) is 1.98. The average molecular weight is 334 g/mol. The summed E-state index contributed by atoms with van der Waals surface area (Å²) in [5, 5.41) is 12.5. The van der Waals surface area contributed by atoms with E-state index >= 15 is 0 Å². The van der Waals surface area contributed by atoms with E-state index < -0.39 is 0 Å². The second-order valence-electron chi connectivity index (χ2n) is 4.73. The first kappa shape index (κ1) is 14.6. The minimum absolute atomic E-state index is 0.0238. The van der Waals surface area contributed by atoms with Gasteiger partial charge in [0.25, 0.3) is 5.91 Å². The van der Waals surface area contributed by atoms with Gasteiger partial charge in [-0.25, -0.2) is 0 Å². The third kappa shape index (κ3) is 3.84. The quantitative estimate of drug-likeness (QED) is 0.899. The van der Waals surface area contributed by atoms with Crippen molar-refractivity contribution in [1.29, 1.82) is 0 Å². The maximum absolute atomic E-state index is 12.1. The Balaban J connectivity index is 1.98. The monoisotopic (exact) mass is 333 g/mol. The van der Waals surface area contributed by atoms with Crippen molar-refractivity contribution in [2.45, 2.75) is 19.4 Å². The van der Waals surface area contributed by atoms with Crippen LogP contribution < -0.4 is 5.32 Å². The van der Waals surface area contributed by atoms with Gasteiger partial charge in [-0.1, -0.05) is 30.3 Å². The van der Waals surface area contributed by atoms with Crippen molar-refractivity contribution < 1.29 is 9.90 Å². The Bertz CT molecular complexity index is 599. The fourth-order valence-corrected chi connectivity index (χ4v) is 2.23. The topological polar surface area (TPSA) is 49.3 Å². The summed E-state index contributed by atoms with van der Waals surface area (Å²) in [5.74, 6) is -0.121. The molecule has 0 aromatic heterocycles.